The molecule has 0 aliphatic rings. The molecule has 1 aromatic carbocycles. The monoisotopic (exact) mass is 230 g/mol. The number of ether oxygens (including phenoxy) is 1. The first-order valence-corrected chi connectivity index (χ1v) is 5.80. The van der Waals surface area contributed by atoms with Crippen LogP contribution in [0.4, 0.5) is 0 Å². The van der Waals surface area contributed by atoms with Crippen molar-refractivity contribution in [2.24, 2.45) is 5.73 Å². The van der Waals surface area contributed by atoms with Crippen LogP contribution in [0.15, 0.2) is 42.7 Å². The number of nitrogens with zero attached hydrogens (tertiary/aromatic N) is 1. The maximum absolute atomic E-state index is 5.54. The zero-order valence-corrected chi connectivity index (χ0v) is 10.1. The molecule has 0 saturated carbocycles. The standard InChI is InChI=1S/C14H18N2O/c1-17-14-5-3-2-4-13(14)11-16-9-7-12(10-16)6-8-15/h2-5,7,9-10H,6,8,11,15H2,1H3. The van der Waals surface area contributed by atoms with Gasteiger partial charge in [0.2, 0.25) is 0 Å². The third kappa shape index (κ3) is 2.88. The van der Waals surface area contributed by atoms with Gasteiger partial charge in [-0.15, -0.1) is 0 Å². The molecule has 90 valence electrons. The number of hydrogen-bond acceptors (Lipinski definition) is 2. The van der Waals surface area contributed by atoms with Crippen molar-refractivity contribution < 1.29 is 4.74 Å². The Labute approximate surface area is 102 Å². The minimum absolute atomic E-state index is 0.693. The highest BCUT2D eigenvalue weighted by molar-refractivity contribution is 5.33. The van der Waals surface area contributed by atoms with Crippen molar-refractivity contribution >= 4 is 0 Å². The van der Waals surface area contributed by atoms with Gasteiger partial charge in [-0.3, -0.25) is 0 Å². The van der Waals surface area contributed by atoms with Gasteiger partial charge in [0.05, 0.1) is 13.7 Å². The molecule has 0 amide bonds. The van der Waals surface area contributed by atoms with Crippen LogP contribution >= 0.6 is 0 Å². The van der Waals surface area contributed by atoms with Crippen LogP contribution in [0.2, 0.25) is 0 Å². The highest BCUT2D eigenvalue weighted by Crippen LogP contribution is 2.18. The lowest BCUT2D eigenvalue weighted by Gasteiger charge is -2.08. The van der Waals surface area contributed by atoms with E-state index in [1.54, 1.807) is 7.11 Å². The molecule has 3 heteroatoms. The van der Waals surface area contributed by atoms with Crippen molar-refractivity contribution in [2.75, 3.05) is 13.7 Å². The number of rotatable bonds is 5. The summed E-state index contributed by atoms with van der Waals surface area (Å²) in [6, 6.07) is 10.2. The summed E-state index contributed by atoms with van der Waals surface area (Å²) in [5.74, 6) is 0.932. The molecule has 0 saturated heterocycles. The highest BCUT2D eigenvalue weighted by atomic mass is 16.5. The van der Waals surface area contributed by atoms with Gasteiger partial charge in [0.25, 0.3) is 0 Å². The van der Waals surface area contributed by atoms with Crippen LogP contribution in [-0.4, -0.2) is 18.2 Å². The van der Waals surface area contributed by atoms with E-state index in [2.05, 4.69) is 29.1 Å². The summed E-state index contributed by atoms with van der Waals surface area (Å²) in [5.41, 5.74) is 8.00. The first kappa shape index (κ1) is 11.7. The molecule has 0 spiro atoms. The molecule has 0 bridgehead atoms. The summed E-state index contributed by atoms with van der Waals surface area (Å²) in [4.78, 5) is 0. The van der Waals surface area contributed by atoms with E-state index < -0.39 is 0 Å². The molecular weight excluding hydrogens is 212 g/mol. The fraction of sp³-hybridized carbons (Fsp3) is 0.286. The van der Waals surface area contributed by atoms with Crippen LogP contribution in [0.1, 0.15) is 11.1 Å². The topological polar surface area (TPSA) is 40.2 Å². The maximum Gasteiger partial charge on any atom is 0.123 e. The molecule has 2 N–H and O–H groups in total. The van der Waals surface area contributed by atoms with Gasteiger partial charge in [-0.25, -0.2) is 0 Å². The van der Waals surface area contributed by atoms with Crippen molar-refractivity contribution in [1.82, 2.24) is 4.57 Å². The fourth-order valence-electron chi connectivity index (χ4n) is 1.93. The molecule has 0 atom stereocenters. The molecular formula is C14H18N2O. The molecule has 2 rings (SSSR count). The molecule has 0 fully saturated rings. The normalized spacial score (nSPS) is 10.5. The summed E-state index contributed by atoms with van der Waals surface area (Å²) in [6.45, 7) is 1.52. The number of para-hydroxylation sites is 1. The molecule has 3 nitrogen and oxygen atoms in total. The van der Waals surface area contributed by atoms with E-state index in [1.165, 1.54) is 11.1 Å². The van der Waals surface area contributed by atoms with E-state index in [4.69, 9.17) is 10.5 Å². The molecule has 17 heavy (non-hydrogen) atoms. The Kier molecular flexibility index (Phi) is 3.83. The zero-order chi connectivity index (χ0) is 12.1. The summed E-state index contributed by atoms with van der Waals surface area (Å²) in [5, 5.41) is 0. The summed E-state index contributed by atoms with van der Waals surface area (Å²) >= 11 is 0. The van der Waals surface area contributed by atoms with Gasteiger partial charge in [0.1, 0.15) is 5.75 Å². The molecule has 0 unspecified atom stereocenters. The Hall–Kier alpha value is -1.74. The Morgan fingerprint density at radius 2 is 2.06 bits per heavy atom. The third-order valence-corrected chi connectivity index (χ3v) is 2.79. The number of nitrogens with two attached hydrogens (primary N) is 1. The van der Waals surface area contributed by atoms with Crippen LogP contribution in [0, 0.1) is 0 Å². The second-order valence-corrected chi connectivity index (χ2v) is 4.04. The Morgan fingerprint density at radius 3 is 2.82 bits per heavy atom. The van der Waals surface area contributed by atoms with E-state index in [9.17, 15) is 0 Å². The van der Waals surface area contributed by atoms with Gasteiger partial charge in [0.15, 0.2) is 0 Å². The van der Waals surface area contributed by atoms with Crippen LogP contribution in [0.3, 0.4) is 0 Å². The van der Waals surface area contributed by atoms with Gasteiger partial charge >= 0.3 is 0 Å². The summed E-state index contributed by atoms with van der Waals surface area (Å²) in [6.07, 6.45) is 5.15. The molecule has 0 aliphatic heterocycles. The number of hydrogen-bond donors (Lipinski definition) is 1. The fourth-order valence-corrected chi connectivity index (χ4v) is 1.93. The Bertz CT molecular complexity index is 477. The SMILES string of the molecule is COc1ccccc1Cn1ccc(CCN)c1. The molecule has 1 aromatic heterocycles. The van der Waals surface area contributed by atoms with Crippen LogP contribution in [-0.2, 0) is 13.0 Å². The average molecular weight is 230 g/mol. The quantitative estimate of drug-likeness (QED) is 0.854. The van der Waals surface area contributed by atoms with Gasteiger partial charge in [0, 0.05) is 18.0 Å². The minimum Gasteiger partial charge on any atom is -0.496 e. The summed E-state index contributed by atoms with van der Waals surface area (Å²) < 4.78 is 7.49. The van der Waals surface area contributed by atoms with E-state index in [0.29, 0.717) is 6.54 Å². The van der Waals surface area contributed by atoms with E-state index in [0.717, 1.165) is 18.7 Å². The third-order valence-electron chi connectivity index (χ3n) is 2.79. The largest absolute Gasteiger partial charge is 0.496 e. The second kappa shape index (κ2) is 5.55. The smallest absolute Gasteiger partial charge is 0.123 e. The van der Waals surface area contributed by atoms with Gasteiger partial charge in [-0.05, 0) is 30.7 Å². The molecule has 0 radical (unpaired) electrons. The second-order valence-electron chi connectivity index (χ2n) is 4.04. The minimum atomic E-state index is 0.693. The first-order valence-electron chi connectivity index (χ1n) is 5.80. The predicted octanol–water partition coefficient (Wildman–Crippen LogP) is 2.05. The predicted molar refractivity (Wildman–Crippen MR) is 69.3 cm³/mol. The zero-order valence-electron chi connectivity index (χ0n) is 10.1. The molecule has 0 aliphatic carbocycles. The van der Waals surface area contributed by atoms with Crippen molar-refractivity contribution in [3.8, 4) is 5.75 Å². The van der Waals surface area contributed by atoms with Crippen molar-refractivity contribution in [3.63, 3.8) is 0 Å². The summed E-state index contributed by atoms with van der Waals surface area (Å²) in [7, 11) is 1.70. The van der Waals surface area contributed by atoms with Crippen molar-refractivity contribution in [2.45, 2.75) is 13.0 Å². The van der Waals surface area contributed by atoms with E-state index >= 15 is 0 Å². The van der Waals surface area contributed by atoms with Crippen LogP contribution in [0.5, 0.6) is 5.75 Å². The lowest BCUT2D eigenvalue weighted by molar-refractivity contribution is 0.408. The maximum atomic E-state index is 5.54. The average Bonchev–Trinajstić information content (AvgIpc) is 2.78. The molecule has 2 aromatic rings. The lowest BCUT2D eigenvalue weighted by Crippen LogP contribution is -2.02. The highest BCUT2D eigenvalue weighted by Gasteiger charge is 2.02. The van der Waals surface area contributed by atoms with Crippen molar-refractivity contribution in [3.05, 3.63) is 53.9 Å². The molecule has 1 heterocycles. The van der Waals surface area contributed by atoms with E-state index in [1.807, 2.05) is 18.2 Å². The number of methoxy groups -OCH3 is 1. The van der Waals surface area contributed by atoms with Crippen LogP contribution in [0.25, 0.3) is 0 Å². The van der Waals surface area contributed by atoms with E-state index in [-0.39, 0.29) is 0 Å². The lowest BCUT2D eigenvalue weighted by atomic mass is 10.2. The van der Waals surface area contributed by atoms with Gasteiger partial charge < -0.3 is 15.0 Å². The van der Waals surface area contributed by atoms with Gasteiger partial charge in [-0.1, -0.05) is 18.2 Å². The van der Waals surface area contributed by atoms with Crippen LogP contribution < -0.4 is 10.5 Å². The van der Waals surface area contributed by atoms with Crippen molar-refractivity contribution in [1.29, 1.82) is 0 Å². The Balaban J connectivity index is 2.13. The Morgan fingerprint density at radius 1 is 1.24 bits per heavy atom. The first-order chi connectivity index (χ1) is 8.33. The number of benzene rings is 1. The number of aromatic nitrogens is 1. The van der Waals surface area contributed by atoms with Gasteiger partial charge in [-0.2, -0.15) is 0 Å².